The zero-order valence-electron chi connectivity index (χ0n) is 14.9. The third-order valence-electron chi connectivity index (χ3n) is 3.76. The third-order valence-corrected chi connectivity index (χ3v) is 5.04. The molecule has 7 nitrogen and oxygen atoms in total. The van der Waals surface area contributed by atoms with Crippen molar-refractivity contribution in [2.45, 2.75) is 17.3 Å². The van der Waals surface area contributed by atoms with E-state index in [-0.39, 0.29) is 5.75 Å². The number of nitrogens with zero attached hydrogens (tertiary/aromatic N) is 5. The van der Waals surface area contributed by atoms with Gasteiger partial charge in [-0.25, -0.2) is 4.98 Å². The number of benzene rings is 2. The summed E-state index contributed by atoms with van der Waals surface area (Å²) in [5.74, 6) is 0.475. The maximum atomic E-state index is 12.3. The Balaban J connectivity index is 1.45. The number of thioether (sulfide) groups is 1. The highest BCUT2D eigenvalue weighted by molar-refractivity contribution is 7.98. The molecular formula is C18H11ClF3N5O2S. The van der Waals surface area contributed by atoms with E-state index in [0.29, 0.717) is 38.8 Å². The highest BCUT2D eigenvalue weighted by Gasteiger charge is 2.31. The largest absolute Gasteiger partial charge is 0.573 e. The number of aromatic nitrogens is 5. The van der Waals surface area contributed by atoms with Crippen molar-refractivity contribution in [1.29, 1.82) is 0 Å². The second-order valence-electron chi connectivity index (χ2n) is 5.83. The molecule has 0 atom stereocenters. The van der Waals surface area contributed by atoms with Gasteiger partial charge in [0.1, 0.15) is 12.0 Å². The van der Waals surface area contributed by atoms with Crippen LogP contribution >= 0.6 is 23.4 Å². The van der Waals surface area contributed by atoms with Crippen molar-refractivity contribution >= 4 is 23.4 Å². The maximum Gasteiger partial charge on any atom is 0.573 e. The molecule has 2 aromatic heterocycles. The quantitative estimate of drug-likeness (QED) is 0.373. The number of hydrogen-bond donors (Lipinski definition) is 0. The van der Waals surface area contributed by atoms with Gasteiger partial charge in [0, 0.05) is 5.75 Å². The topological polar surface area (TPSA) is 78.9 Å². The summed E-state index contributed by atoms with van der Waals surface area (Å²) in [5.41, 5.74) is 1.81. The zero-order chi connectivity index (χ0) is 21.1. The van der Waals surface area contributed by atoms with Crippen molar-refractivity contribution in [2.24, 2.45) is 0 Å². The lowest BCUT2D eigenvalue weighted by molar-refractivity contribution is -0.274. The van der Waals surface area contributed by atoms with Crippen molar-refractivity contribution in [1.82, 2.24) is 25.2 Å². The molecular weight excluding hydrogens is 443 g/mol. The predicted molar refractivity (Wildman–Crippen MR) is 102 cm³/mol. The van der Waals surface area contributed by atoms with Gasteiger partial charge < -0.3 is 9.15 Å². The molecule has 4 rings (SSSR count). The van der Waals surface area contributed by atoms with Crippen LogP contribution in [0.2, 0.25) is 5.02 Å². The predicted octanol–water partition coefficient (Wildman–Crippen LogP) is 5.16. The summed E-state index contributed by atoms with van der Waals surface area (Å²) in [4.78, 5) is 4.42. The van der Waals surface area contributed by atoms with Crippen molar-refractivity contribution in [3.8, 4) is 22.9 Å². The van der Waals surface area contributed by atoms with Crippen LogP contribution in [-0.2, 0) is 5.75 Å². The molecule has 2 aromatic carbocycles. The molecule has 0 saturated carbocycles. The maximum absolute atomic E-state index is 12.3. The molecule has 0 spiro atoms. The number of halogens is 4. The van der Waals surface area contributed by atoms with Gasteiger partial charge in [-0.3, -0.25) is 0 Å². The minimum Gasteiger partial charge on any atom is -0.444 e. The summed E-state index contributed by atoms with van der Waals surface area (Å²) < 4.78 is 47.6. The minimum atomic E-state index is -4.75. The first kappa shape index (κ1) is 20.2. The molecule has 0 aliphatic rings. The second-order valence-corrected chi connectivity index (χ2v) is 7.18. The average Bonchev–Trinajstić information content (AvgIpc) is 3.35. The van der Waals surface area contributed by atoms with Crippen LogP contribution in [0.5, 0.6) is 5.75 Å². The van der Waals surface area contributed by atoms with E-state index in [4.69, 9.17) is 16.0 Å². The first-order valence-corrected chi connectivity index (χ1v) is 9.72. The Morgan fingerprint density at radius 3 is 2.60 bits per heavy atom. The molecule has 0 aliphatic heterocycles. The molecule has 0 fully saturated rings. The molecule has 30 heavy (non-hydrogen) atoms. The van der Waals surface area contributed by atoms with Crippen molar-refractivity contribution in [3.05, 3.63) is 65.5 Å². The number of alkyl halides is 3. The van der Waals surface area contributed by atoms with E-state index in [1.54, 1.807) is 12.1 Å². The Morgan fingerprint density at radius 2 is 1.87 bits per heavy atom. The molecule has 154 valence electrons. The Kier molecular flexibility index (Phi) is 5.64. The van der Waals surface area contributed by atoms with Crippen LogP contribution in [0, 0.1) is 0 Å². The van der Waals surface area contributed by atoms with Gasteiger partial charge >= 0.3 is 6.36 Å². The number of tetrazole rings is 1. The number of oxazole rings is 1. The van der Waals surface area contributed by atoms with Gasteiger partial charge in [-0.15, -0.1) is 18.3 Å². The van der Waals surface area contributed by atoms with Crippen LogP contribution in [0.25, 0.3) is 17.1 Å². The molecule has 12 heteroatoms. The fourth-order valence-electron chi connectivity index (χ4n) is 2.49. The van der Waals surface area contributed by atoms with E-state index in [1.807, 2.05) is 12.1 Å². The summed E-state index contributed by atoms with van der Waals surface area (Å²) in [6.07, 6.45) is -3.24. The highest BCUT2D eigenvalue weighted by Crippen LogP contribution is 2.29. The van der Waals surface area contributed by atoms with Crippen LogP contribution in [0.3, 0.4) is 0 Å². The minimum absolute atomic E-state index is 0.330. The monoisotopic (exact) mass is 453 g/mol. The molecule has 0 unspecified atom stereocenters. The van der Waals surface area contributed by atoms with Crippen molar-refractivity contribution in [3.63, 3.8) is 0 Å². The summed E-state index contributed by atoms with van der Waals surface area (Å²) >= 11 is 7.44. The summed E-state index contributed by atoms with van der Waals surface area (Å²) in [7, 11) is 0. The first-order valence-electron chi connectivity index (χ1n) is 8.36. The smallest absolute Gasteiger partial charge is 0.444 e. The van der Waals surface area contributed by atoms with E-state index < -0.39 is 6.36 Å². The molecule has 0 N–H and O–H groups in total. The standard InChI is InChI=1S/C18H11ClF3N5O2S/c19-15-4-2-1-3-14(15)16-23-11(9-28-16)10-30-17-24-25-26-27(17)12-5-7-13(8-6-12)29-18(20,21)22/h1-9H,10H2. The second kappa shape index (κ2) is 8.36. The van der Waals surface area contributed by atoms with Gasteiger partial charge in [0.05, 0.1) is 22.0 Å². The van der Waals surface area contributed by atoms with Crippen molar-refractivity contribution < 1.29 is 22.3 Å². The summed E-state index contributed by atoms with van der Waals surface area (Å²) in [6, 6.07) is 12.4. The molecule has 2 heterocycles. The lowest BCUT2D eigenvalue weighted by atomic mass is 10.2. The van der Waals surface area contributed by atoms with Gasteiger partial charge in [-0.1, -0.05) is 35.5 Å². The molecule has 0 saturated heterocycles. The molecule has 0 radical (unpaired) electrons. The van der Waals surface area contributed by atoms with Crippen LogP contribution in [0.4, 0.5) is 13.2 Å². The molecule has 0 amide bonds. The number of rotatable bonds is 6. The highest BCUT2D eigenvalue weighted by atomic mass is 35.5. The van der Waals surface area contributed by atoms with Gasteiger partial charge in [0.25, 0.3) is 0 Å². The lowest BCUT2D eigenvalue weighted by Crippen LogP contribution is -2.17. The SMILES string of the molecule is FC(F)(F)Oc1ccc(-n2nnnc2SCc2coc(-c3ccccc3Cl)n2)cc1. The van der Waals surface area contributed by atoms with E-state index in [1.165, 1.54) is 47.0 Å². The van der Waals surface area contributed by atoms with Gasteiger partial charge in [0.2, 0.25) is 11.0 Å². The summed E-state index contributed by atoms with van der Waals surface area (Å²) in [6.45, 7) is 0. The molecule has 0 bridgehead atoms. The number of hydrogen-bond acceptors (Lipinski definition) is 7. The Labute approximate surface area is 176 Å². The normalized spacial score (nSPS) is 11.6. The van der Waals surface area contributed by atoms with E-state index in [2.05, 4.69) is 25.2 Å². The summed E-state index contributed by atoms with van der Waals surface area (Å²) in [5, 5.41) is 12.4. The van der Waals surface area contributed by atoms with E-state index in [9.17, 15) is 13.2 Å². The van der Waals surface area contributed by atoms with Crippen LogP contribution in [0.1, 0.15) is 5.69 Å². The fraction of sp³-hybridized carbons (Fsp3) is 0.111. The van der Waals surface area contributed by atoms with Crippen LogP contribution in [0.15, 0.2) is 64.4 Å². The van der Waals surface area contributed by atoms with Gasteiger partial charge in [-0.05, 0) is 46.8 Å². The molecule has 4 aromatic rings. The van der Waals surface area contributed by atoms with E-state index >= 15 is 0 Å². The Morgan fingerprint density at radius 1 is 1.10 bits per heavy atom. The number of ether oxygens (including phenoxy) is 1. The van der Waals surface area contributed by atoms with Crippen molar-refractivity contribution in [2.75, 3.05) is 0 Å². The van der Waals surface area contributed by atoms with Gasteiger partial charge in [0.15, 0.2) is 0 Å². The molecule has 0 aliphatic carbocycles. The zero-order valence-corrected chi connectivity index (χ0v) is 16.4. The Bertz CT molecular complexity index is 1150. The fourth-order valence-corrected chi connectivity index (χ4v) is 3.47. The van der Waals surface area contributed by atoms with Gasteiger partial charge in [-0.2, -0.15) is 4.68 Å². The first-order chi connectivity index (χ1) is 14.4. The van der Waals surface area contributed by atoms with E-state index in [0.717, 1.165) is 0 Å². The van der Waals surface area contributed by atoms with Crippen LogP contribution < -0.4 is 4.74 Å². The Hall–Kier alpha value is -3.05. The van der Waals surface area contributed by atoms with Crippen LogP contribution in [-0.4, -0.2) is 31.6 Å². The lowest BCUT2D eigenvalue weighted by Gasteiger charge is -2.09. The third kappa shape index (κ3) is 4.74. The average molecular weight is 454 g/mol.